The van der Waals surface area contributed by atoms with Crippen LogP contribution in [0, 0.1) is 6.92 Å². The van der Waals surface area contributed by atoms with Crippen LogP contribution in [0.15, 0.2) is 30.3 Å². The number of carbonyl (C=O) groups excluding carboxylic acids is 1. The number of aromatic nitrogens is 2. The van der Waals surface area contributed by atoms with E-state index in [0.29, 0.717) is 18.8 Å². The highest BCUT2D eigenvalue weighted by Gasteiger charge is 2.12. The number of hydrogen-bond donors (Lipinski definition) is 2. The highest BCUT2D eigenvalue weighted by Crippen LogP contribution is 2.24. The number of benzene rings is 1. The van der Waals surface area contributed by atoms with E-state index in [1.807, 2.05) is 37.3 Å². The molecule has 20 heavy (non-hydrogen) atoms. The number of aryl methyl sites for hydroxylation is 1. The van der Waals surface area contributed by atoms with Crippen LogP contribution in [0.25, 0.3) is 11.3 Å². The van der Waals surface area contributed by atoms with Gasteiger partial charge in [0.2, 0.25) is 5.91 Å². The molecule has 0 radical (unpaired) electrons. The van der Waals surface area contributed by atoms with Gasteiger partial charge in [0.15, 0.2) is 0 Å². The molecule has 1 aromatic carbocycles. The molecule has 2 N–H and O–H groups in total. The Balaban J connectivity index is 2.38. The van der Waals surface area contributed by atoms with Crippen molar-refractivity contribution in [2.45, 2.75) is 26.8 Å². The molecule has 1 heterocycles. The Kier molecular flexibility index (Phi) is 4.53. The zero-order chi connectivity index (χ0) is 14.5. The van der Waals surface area contributed by atoms with Gasteiger partial charge in [0.1, 0.15) is 5.82 Å². The number of hydrogen-bond acceptors (Lipinski definition) is 3. The van der Waals surface area contributed by atoms with Crippen LogP contribution in [0.1, 0.15) is 18.9 Å². The first-order valence-electron chi connectivity index (χ1n) is 6.70. The summed E-state index contributed by atoms with van der Waals surface area (Å²) in [5.41, 5.74) is 2.94. The minimum absolute atomic E-state index is 0.0239. The van der Waals surface area contributed by atoms with E-state index in [9.17, 15) is 4.79 Å². The van der Waals surface area contributed by atoms with Crippen LogP contribution in [0.5, 0.6) is 0 Å². The Morgan fingerprint density at radius 3 is 2.80 bits per heavy atom. The number of nitrogens with one attached hydrogen (secondary N) is 1. The third-order valence-corrected chi connectivity index (χ3v) is 3.10. The Bertz CT molecular complexity index is 605. The molecule has 1 amide bonds. The van der Waals surface area contributed by atoms with Crippen LogP contribution >= 0.6 is 0 Å². The van der Waals surface area contributed by atoms with E-state index in [1.165, 1.54) is 0 Å². The third kappa shape index (κ3) is 3.05. The highest BCUT2D eigenvalue weighted by molar-refractivity contribution is 5.90. The zero-order valence-corrected chi connectivity index (χ0v) is 11.8. The average molecular weight is 273 g/mol. The van der Waals surface area contributed by atoms with Crippen molar-refractivity contribution in [1.29, 1.82) is 0 Å². The van der Waals surface area contributed by atoms with Gasteiger partial charge in [-0.05, 0) is 12.5 Å². The van der Waals surface area contributed by atoms with Crippen molar-refractivity contribution >= 4 is 11.7 Å². The lowest BCUT2D eigenvalue weighted by Gasteiger charge is -2.05. The molecule has 5 heteroatoms. The summed E-state index contributed by atoms with van der Waals surface area (Å²) < 4.78 is 1.62. The van der Waals surface area contributed by atoms with E-state index in [4.69, 9.17) is 5.11 Å². The zero-order valence-electron chi connectivity index (χ0n) is 11.8. The summed E-state index contributed by atoms with van der Waals surface area (Å²) in [7, 11) is 0. The second kappa shape index (κ2) is 6.34. The molecule has 0 saturated carbocycles. The van der Waals surface area contributed by atoms with Gasteiger partial charge in [-0.2, -0.15) is 5.10 Å². The van der Waals surface area contributed by atoms with E-state index in [1.54, 1.807) is 11.6 Å². The maximum Gasteiger partial charge on any atom is 0.225 e. The second-order valence-corrected chi connectivity index (χ2v) is 4.58. The number of aliphatic hydroxyl groups is 1. The molecule has 0 bridgehead atoms. The number of aliphatic hydroxyl groups excluding tert-OH is 1. The summed E-state index contributed by atoms with van der Waals surface area (Å²) in [6, 6.07) is 9.78. The molecule has 2 rings (SSSR count). The van der Waals surface area contributed by atoms with Crippen molar-refractivity contribution < 1.29 is 9.90 Å². The summed E-state index contributed by atoms with van der Waals surface area (Å²) in [4.78, 5) is 11.5. The fourth-order valence-corrected chi connectivity index (χ4v) is 2.01. The number of nitrogens with zero attached hydrogens (tertiary/aromatic N) is 2. The normalized spacial score (nSPS) is 10.6. The molecule has 0 aliphatic carbocycles. The molecule has 5 nitrogen and oxygen atoms in total. The van der Waals surface area contributed by atoms with E-state index < -0.39 is 0 Å². The Morgan fingerprint density at radius 1 is 1.40 bits per heavy atom. The molecule has 0 unspecified atom stereocenters. The van der Waals surface area contributed by atoms with E-state index in [0.717, 1.165) is 16.8 Å². The van der Waals surface area contributed by atoms with E-state index in [-0.39, 0.29) is 12.5 Å². The molecule has 0 atom stereocenters. The molecule has 0 spiro atoms. The molecule has 0 aliphatic heterocycles. The van der Waals surface area contributed by atoms with Gasteiger partial charge in [0.05, 0.1) is 18.8 Å². The van der Waals surface area contributed by atoms with Gasteiger partial charge >= 0.3 is 0 Å². The molecule has 106 valence electrons. The van der Waals surface area contributed by atoms with Gasteiger partial charge < -0.3 is 10.4 Å². The van der Waals surface area contributed by atoms with Gasteiger partial charge in [0, 0.05) is 18.1 Å². The number of amides is 1. The number of anilines is 1. The quantitative estimate of drug-likeness (QED) is 0.877. The monoisotopic (exact) mass is 273 g/mol. The molecule has 0 fully saturated rings. The van der Waals surface area contributed by atoms with Crippen LogP contribution in [-0.2, 0) is 11.3 Å². The summed E-state index contributed by atoms with van der Waals surface area (Å²) >= 11 is 0. The molecule has 0 aliphatic rings. The SMILES string of the molecule is CCC(=O)Nc1cc(-c2ccccc2C)nn1CCO. The van der Waals surface area contributed by atoms with Crippen molar-refractivity contribution in [2.24, 2.45) is 0 Å². The van der Waals surface area contributed by atoms with E-state index in [2.05, 4.69) is 10.4 Å². The Hall–Kier alpha value is -2.14. The summed E-state index contributed by atoms with van der Waals surface area (Å²) in [6.45, 7) is 4.14. The van der Waals surface area contributed by atoms with Gasteiger partial charge in [0.25, 0.3) is 0 Å². The average Bonchev–Trinajstić information content (AvgIpc) is 2.82. The van der Waals surface area contributed by atoms with Crippen LogP contribution in [0.2, 0.25) is 0 Å². The first-order chi connectivity index (χ1) is 9.65. The third-order valence-electron chi connectivity index (χ3n) is 3.10. The number of rotatable bonds is 5. The van der Waals surface area contributed by atoms with E-state index >= 15 is 0 Å². The van der Waals surface area contributed by atoms with Crippen molar-refractivity contribution in [3.05, 3.63) is 35.9 Å². The molecule has 0 saturated heterocycles. The van der Waals surface area contributed by atoms with Gasteiger partial charge in [-0.15, -0.1) is 0 Å². The standard InChI is InChI=1S/C15H19N3O2/c1-3-15(20)16-14-10-13(17-18(14)8-9-19)12-7-5-4-6-11(12)2/h4-7,10,19H,3,8-9H2,1-2H3,(H,16,20). The minimum atomic E-state index is -0.0691. The molecule has 2 aromatic rings. The Labute approximate surface area is 118 Å². The summed E-state index contributed by atoms with van der Waals surface area (Å²) in [5.74, 6) is 0.546. The predicted molar refractivity (Wildman–Crippen MR) is 78.4 cm³/mol. The maximum atomic E-state index is 11.5. The predicted octanol–water partition coefficient (Wildman–Crippen LogP) is 2.20. The van der Waals surface area contributed by atoms with Crippen molar-refractivity contribution in [1.82, 2.24) is 9.78 Å². The fraction of sp³-hybridized carbons (Fsp3) is 0.333. The lowest BCUT2D eigenvalue weighted by molar-refractivity contribution is -0.115. The van der Waals surface area contributed by atoms with Crippen LogP contribution in [-0.4, -0.2) is 27.4 Å². The van der Waals surface area contributed by atoms with Gasteiger partial charge in [-0.3, -0.25) is 4.79 Å². The first-order valence-corrected chi connectivity index (χ1v) is 6.70. The first kappa shape index (κ1) is 14.3. The minimum Gasteiger partial charge on any atom is -0.394 e. The molecular formula is C15H19N3O2. The molecule has 1 aromatic heterocycles. The van der Waals surface area contributed by atoms with Crippen molar-refractivity contribution in [3.63, 3.8) is 0 Å². The lowest BCUT2D eigenvalue weighted by atomic mass is 10.1. The van der Waals surface area contributed by atoms with Gasteiger partial charge in [-0.1, -0.05) is 31.2 Å². The largest absolute Gasteiger partial charge is 0.394 e. The van der Waals surface area contributed by atoms with Crippen molar-refractivity contribution in [2.75, 3.05) is 11.9 Å². The second-order valence-electron chi connectivity index (χ2n) is 4.58. The van der Waals surface area contributed by atoms with Gasteiger partial charge in [-0.25, -0.2) is 4.68 Å². The van der Waals surface area contributed by atoms with Crippen molar-refractivity contribution in [3.8, 4) is 11.3 Å². The lowest BCUT2D eigenvalue weighted by Crippen LogP contribution is -2.15. The maximum absolute atomic E-state index is 11.5. The number of carbonyl (C=O) groups is 1. The summed E-state index contributed by atoms with van der Waals surface area (Å²) in [6.07, 6.45) is 0.407. The van der Waals surface area contributed by atoms with Crippen LogP contribution < -0.4 is 5.32 Å². The fourth-order valence-electron chi connectivity index (χ4n) is 2.01. The highest BCUT2D eigenvalue weighted by atomic mass is 16.3. The smallest absolute Gasteiger partial charge is 0.225 e. The topological polar surface area (TPSA) is 67.2 Å². The van der Waals surface area contributed by atoms with Crippen LogP contribution in [0.4, 0.5) is 5.82 Å². The Morgan fingerprint density at radius 2 is 2.15 bits per heavy atom. The van der Waals surface area contributed by atoms with Crippen LogP contribution in [0.3, 0.4) is 0 Å². The summed E-state index contributed by atoms with van der Waals surface area (Å²) in [5, 5.41) is 16.4. The molecular weight excluding hydrogens is 254 g/mol.